The van der Waals surface area contributed by atoms with Crippen LogP contribution in [0.2, 0.25) is 0 Å². The first-order valence-electron chi connectivity index (χ1n) is 5.33. The molecule has 1 aromatic rings. The number of hydrogen-bond acceptors (Lipinski definition) is 3. The first kappa shape index (κ1) is 12.0. The SMILES string of the molecule is O=C(O)C1CCN(Cc2nccn2C(F)F)C1. The Hall–Kier alpha value is -1.50. The molecule has 0 aromatic carbocycles. The summed E-state index contributed by atoms with van der Waals surface area (Å²) in [6.45, 7) is -1.34. The number of alkyl halides is 2. The van der Waals surface area contributed by atoms with Crippen LogP contribution in [-0.2, 0) is 11.3 Å². The highest BCUT2D eigenvalue weighted by molar-refractivity contribution is 5.70. The second-order valence-corrected chi connectivity index (χ2v) is 4.09. The van der Waals surface area contributed by atoms with Crippen molar-refractivity contribution in [1.82, 2.24) is 14.5 Å². The molecule has 94 valence electrons. The van der Waals surface area contributed by atoms with Crippen molar-refractivity contribution in [3.8, 4) is 0 Å². The maximum absolute atomic E-state index is 12.6. The summed E-state index contributed by atoms with van der Waals surface area (Å²) in [6.07, 6.45) is 3.11. The predicted octanol–water partition coefficient (Wildman–Crippen LogP) is 1.18. The van der Waals surface area contributed by atoms with Gasteiger partial charge in [-0.25, -0.2) is 4.98 Å². The first-order chi connectivity index (χ1) is 8.08. The lowest BCUT2D eigenvalue weighted by atomic mass is 10.1. The highest BCUT2D eigenvalue weighted by atomic mass is 19.3. The van der Waals surface area contributed by atoms with Crippen LogP contribution >= 0.6 is 0 Å². The fourth-order valence-electron chi connectivity index (χ4n) is 2.02. The smallest absolute Gasteiger partial charge is 0.319 e. The average molecular weight is 245 g/mol. The van der Waals surface area contributed by atoms with Gasteiger partial charge in [-0.3, -0.25) is 14.3 Å². The minimum atomic E-state index is -2.61. The van der Waals surface area contributed by atoms with Gasteiger partial charge >= 0.3 is 12.5 Å². The van der Waals surface area contributed by atoms with Crippen LogP contribution in [0.1, 0.15) is 18.8 Å². The van der Waals surface area contributed by atoms with Crippen LogP contribution in [-0.4, -0.2) is 38.6 Å². The lowest BCUT2D eigenvalue weighted by Crippen LogP contribution is -2.24. The van der Waals surface area contributed by atoms with E-state index < -0.39 is 18.4 Å². The molecule has 7 heteroatoms. The van der Waals surface area contributed by atoms with Gasteiger partial charge in [0.25, 0.3) is 0 Å². The first-order valence-corrected chi connectivity index (χ1v) is 5.33. The summed E-state index contributed by atoms with van der Waals surface area (Å²) in [5, 5.41) is 8.83. The number of carbonyl (C=O) groups is 1. The van der Waals surface area contributed by atoms with Crippen LogP contribution in [0.4, 0.5) is 8.78 Å². The van der Waals surface area contributed by atoms with E-state index in [4.69, 9.17) is 5.11 Å². The molecular weight excluding hydrogens is 232 g/mol. The zero-order valence-electron chi connectivity index (χ0n) is 9.09. The second kappa shape index (κ2) is 4.79. The third-order valence-electron chi connectivity index (χ3n) is 2.95. The molecule has 1 N–H and O–H groups in total. The van der Waals surface area contributed by atoms with Crippen LogP contribution in [0, 0.1) is 5.92 Å². The van der Waals surface area contributed by atoms with E-state index >= 15 is 0 Å². The second-order valence-electron chi connectivity index (χ2n) is 4.09. The fourth-order valence-corrected chi connectivity index (χ4v) is 2.02. The van der Waals surface area contributed by atoms with E-state index in [2.05, 4.69) is 4.98 Å². The summed E-state index contributed by atoms with van der Waals surface area (Å²) >= 11 is 0. The summed E-state index contributed by atoms with van der Waals surface area (Å²) in [6, 6.07) is 0. The van der Waals surface area contributed by atoms with Gasteiger partial charge in [-0.1, -0.05) is 0 Å². The van der Waals surface area contributed by atoms with Crippen LogP contribution in [0.25, 0.3) is 0 Å². The lowest BCUT2D eigenvalue weighted by Gasteiger charge is -2.15. The minimum absolute atomic E-state index is 0.265. The molecule has 1 aliphatic rings. The zero-order chi connectivity index (χ0) is 12.4. The van der Waals surface area contributed by atoms with Crippen molar-refractivity contribution in [2.24, 2.45) is 5.92 Å². The Kier molecular flexibility index (Phi) is 3.37. The number of aliphatic carboxylic acids is 1. The summed E-state index contributed by atoms with van der Waals surface area (Å²) in [5.41, 5.74) is 0. The molecule has 0 amide bonds. The Morgan fingerprint density at radius 2 is 2.41 bits per heavy atom. The topological polar surface area (TPSA) is 58.4 Å². The number of carboxylic acids is 1. The standard InChI is InChI=1S/C10H13F2N3O2/c11-10(12)15-4-2-13-8(15)6-14-3-1-7(5-14)9(16)17/h2,4,7,10H,1,3,5-6H2,(H,16,17). The molecule has 0 bridgehead atoms. The van der Waals surface area contributed by atoms with E-state index in [0.717, 1.165) is 4.57 Å². The molecule has 2 rings (SSSR count). The minimum Gasteiger partial charge on any atom is -0.481 e. The van der Waals surface area contributed by atoms with Crippen molar-refractivity contribution in [3.63, 3.8) is 0 Å². The number of halogens is 2. The Morgan fingerprint density at radius 1 is 1.65 bits per heavy atom. The largest absolute Gasteiger partial charge is 0.481 e. The molecule has 1 saturated heterocycles. The maximum Gasteiger partial charge on any atom is 0.319 e. The monoisotopic (exact) mass is 245 g/mol. The molecule has 0 saturated carbocycles. The molecule has 0 aliphatic carbocycles. The van der Waals surface area contributed by atoms with Crippen molar-refractivity contribution >= 4 is 5.97 Å². The van der Waals surface area contributed by atoms with Gasteiger partial charge in [0.1, 0.15) is 5.82 Å². The third-order valence-corrected chi connectivity index (χ3v) is 2.95. The average Bonchev–Trinajstić information content (AvgIpc) is 2.86. The van der Waals surface area contributed by atoms with E-state index in [1.807, 2.05) is 4.90 Å². The highest BCUT2D eigenvalue weighted by Gasteiger charge is 2.28. The lowest BCUT2D eigenvalue weighted by molar-refractivity contribution is -0.141. The molecule has 1 fully saturated rings. The number of imidazole rings is 1. The molecule has 1 unspecified atom stereocenters. The van der Waals surface area contributed by atoms with Crippen molar-refractivity contribution in [2.75, 3.05) is 13.1 Å². The number of nitrogens with zero attached hydrogens (tertiary/aromatic N) is 3. The summed E-state index contributed by atoms with van der Waals surface area (Å²) < 4.78 is 25.9. The van der Waals surface area contributed by atoms with Gasteiger partial charge < -0.3 is 5.11 Å². The molecule has 1 aliphatic heterocycles. The zero-order valence-corrected chi connectivity index (χ0v) is 9.09. The molecule has 0 radical (unpaired) electrons. The van der Waals surface area contributed by atoms with Gasteiger partial charge in [-0.15, -0.1) is 0 Å². The van der Waals surface area contributed by atoms with Gasteiger partial charge in [0, 0.05) is 18.9 Å². The highest BCUT2D eigenvalue weighted by Crippen LogP contribution is 2.20. The van der Waals surface area contributed by atoms with E-state index in [1.165, 1.54) is 12.4 Å². The summed E-state index contributed by atoms with van der Waals surface area (Å²) in [4.78, 5) is 16.5. The molecule has 0 spiro atoms. The van der Waals surface area contributed by atoms with Crippen LogP contribution in [0.5, 0.6) is 0 Å². The number of aromatic nitrogens is 2. The Labute approximate surface area is 96.7 Å². The van der Waals surface area contributed by atoms with Gasteiger partial charge in [0.15, 0.2) is 0 Å². The molecule has 1 atom stereocenters. The van der Waals surface area contributed by atoms with Crippen LogP contribution in [0.3, 0.4) is 0 Å². The maximum atomic E-state index is 12.6. The number of rotatable bonds is 4. The number of hydrogen-bond donors (Lipinski definition) is 1. The number of likely N-dealkylation sites (tertiary alicyclic amines) is 1. The van der Waals surface area contributed by atoms with E-state index in [9.17, 15) is 13.6 Å². The van der Waals surface area contributed by atoms with Crippen molar-refractivity contribution in [1.29, 1.82) is 0 Å². The Balaban J connectivity index is 1.98. The normalized spacial score (nSPS) is 21.2. The van der Waals surface area contributed by atoms with Crippen molar-refractivity contribution < 1.29 is 18.7 Å². The van der Waals surface area contributed by atoms with Crippen molar-refractivity contribution in [2.45, 2.75) is 19.5 Å². The van der Waals surface area contributed by atoms with Gasteiger partial charge in [-0.05, 0) is 13.0 Å². The van der Waals surface area contributed by atoms with Crippen molar-refractivity contribution in [3.05, 3.63) is 18.2 Å². The molecule has 2 heterocycles. The molecular formula is C10H13F2N3O2. The Morgan fingerprint density at radius 3 is 3.00 bits per heavy atom. The molecule has 1 aromatic heterocycles. The third kappa shape index (κ3) is 2.60. The van der Waals surface area contributed by atoms with Gasteiger partial charge in [0.05, 0.1) is 12.5 Å². The van der Waals surface area contributed by atoms with Crippen LogP contribution < -0.4 is 0 Å². The van der Waals surface area contributed by atoms with E-state index in [1.54, 1.807) is 0 Å². The predicted molar refractivity (Wildman–Crippen MR) is 54.5 cm³/mol. The Bertz CT molecular complexity index is 408. The summed E-state index contributed by atoms with van der Waals surface area (Å²) in [5.74, 6) is -0.958. The van der Waals surface area contributed by atoms with Crippen LogP contribution in [0.15, 0.2) is 12.4 Å². The quantitative estimate of drug-likeness (QED) is 0.865. The molecule has 17 heavy (non-hydrogen) atoms. The van der Waals surface area contributed by atoms with E-state index in [-0.39, 0.29) is 12.4 Å². The van der Waals surface area contributed by atoms with Gasteiger partial charge in [0.2, 0.25) is 0 Å². The fraction of sp³-hybridized carbons (Fsp3) is 0.600. The van der Waals surface area contributed by atoms with Gasteiger partial charge in [-0.2, -0.15) is 8.78 Å². The molecule has 5 nitrogen and oxygen atoms in total. The van der Waals surface area contributed by atoms with E-state index in [0.29, 0.717) is 19.5 Å². The summed E-state index contributed by atoms with van der Waals surface area (Å²) in [7, 11) is 0. The number of carboxylic acid groups (broad SMARTS) is 1.